The number of benzene rings is 4. The summed E-state index contributed by atoms with van der Waals surface area (Å²) >= 11 is 6.56. The average Bonchev–Trinajstić information content (AvgIpc) is 3.05. The summed E-state index contributed by atoms with van der Waals surface area (Å²) in [6.45, 7) is 2.95. The van der Waals surface area contributed by atoms with Gasteiger partial charge in [0, 0.05) is 19.2 Å². The van der Waals surface area contributed by atoms with Gasteiger partial charge < -0.3 is 24.4 Å². The highest BCUT2D eigenvalue weighted by molar-refractivity contribution is 6.35. The number of esters is 1. The fourth-order valence-electron chi connectivity index (χ4n) is 4.59. The summed E-state index contributed by atoms with van der Waals surface area (Å²) in [6.07, 6.45) is 2.70. The maximum absolute atomic E-state index is 13.5. The number of ether oxygens (including phenoxy) is 3. The molecule has 9 heteroatoms. The molecule has 2 amide bonds. The second-order valence-corrected chi connectivity index (χ2v) is 10.6. The van der Waals surface area contributed by atoms with Gasteiger partial charge in [0.15, 0.2) is 0 Å². The number of nitrogens with one attached hydrogen (secondary N) is 1. The van der Waals surface area contributed by atoms with Gasteiger partial charge in [-0.15, -0.1) is 0 Å². The first-order valence-corrected chi connectivity index (χ1v) is 15.3. The molecule has 0 bridgehead atoms. The third-order valence-corrected chi connectivity index (χ3v) is 7.26. The molecule has 234 valence electrons. The molecule has 0 aliphatic rings. The summed E-state index contributed by atoms with van der Waals surface area (Å²) in [5, 5.41) is 3.04. The van der Waals surface area contributed by atoms with Crippen molar-refractivity contribution in [1.29, 1.82) is 0 Å². The number of anilines is 2. The Labute approximate surface area is 268 Å². The molecule has 0 atom stereocenters. The lowest BCUT2D eigenvalue weighted by Gasteiger charge is -2.21. The summed E-state index contributed by atoms with van der Waals surface area (Å²) < 4.78 is 16.9. The van der Waals surface area contributed by atoms with Crippen LogP contribution >= 0.6 is 11.6 Å². The Kier molecular flexibility index (Phi) is 12.4. The zero-order valence-electron chi connectivity index (χ0n) is 25.5. The normalized spacial score (nSPS) is 10.6. The first-order valence-electron chi connectivity index (χ1n) is 14.9. The van der Waals surface area contributed by atoms with Gasteiger partial charge in [-0.05, 0) is 74.2 Å². The number of halogens is 1. The summed E-state index contributed by atoms with van der Waals surface area (Å²) in [5.74, 6) is 0.135. The van der Waals surface area contributed by atoms with Gasteiger partial charge in [0.1, 0.15) is 18.1 Å². The SMILES string of the molecule is CCOC(=O)CCCCCOc1ccccc1N(C)C(=O)c1ccc(NC(=O)c2ccccc2OCc2ccccc2)cc1Cl. The third kappa shape index (κ3) is 9.58. The van der Waals surface area contributed by atoms with Crippen molar-refractivity contribution < 1.29 is 28.6 Å². The van der Waals surface area contributed by atoms with E-state index < -0.39 is 0 Å². The highest BCUT2D eigenvalue weighted by atomic mass is 35.5. The number of hydrogen-bond donors (Lipinski definition) is 1. The van der Waals surface area contributed by atoms with E-state index in [1.165, 1.54) is 4.90 Å². The fraction of sp³-hybridized carbons (Fsp3) is 0.250. The predicted molar refractivity (Wildman–Crippen MR) is 176 cm³/mol. The molecule has 0 heterocycles. The Morgan fingerprint density at radius 3 is 2.24 bits per heavy atom. The standard InChI is InChI=1S/C36H37ClN2O6/c1-3-43-34(40)20-8-5-13-23-44-33-19-12-10-17-31(33)39(2)36(42)28-22-21-27(24-30(28)37)38-35(41)29-16-9-11-18-32(29)45-25-26-14-6-4-7-15-26/h4,6-7,9-12,14-19,21-22,24H,3,5,8,13,20,23,25H2,1-2H3,(H,38,41). The maximum atomic E-state index is 13.5. The number of amides is 2. The van der Waals surface area contributed by atoms with Crippen LogP contribution in [0.3, 0.4) is 0 Å². The van der Waals surface area contributed by atoms with Gasteiger partial charge in [0.2, 0.25) is 0 Å². The van der Waals surface area contributed by atoms with Crippen molar-refractivity contribution in [2.75, 3.05) is 30.5 Å². The monoisotopic (exact) mass is 628 g/mol. The van der Waals surface area contributed by atoms with Gasteiger partial charge in [-0.1, -0.05) is 66.2 Å². The quantitative estimate of drug-likeness (QED) is 0.106. The second-order valence-electron chi connectivity index (χ2n) is 10.2. The number of hydrogen-bond acceptors (Lipinski definition) is 6. The number of unbranched alkanes of at least 4 members (excludes halogenated alkanes) is 2. The topological polar surface area (TPSA) is 94.2 Å². The largest absolute Gasteiger partial charge is 0.491 e. The van der Waals surface area contributed by atoms with Crippen molar-refractivity contribution in [3.05, 3.63) is 119 Å². The summed E-state index contributed by atoms with van der Waals surface area (Å²) in [5.41, 5.74) is 2.67. The van der Waals surface area contributed by atoms with Gasteiger partial charge >= 0.3 is 5.97 Å². The van der Waals surface area contributed by atoms with Crippen LogP contribution in [0.2, 0.25) is 5.02 Å². The molecule has 4 aromatic carbocycles. The van der Waals surface area contributed by atoms with Crippen LogP contribution in [0.25, 0.3) is 0 Å². The van der Waals surface area contributed by atoms with E-state index in [0.717, 1.165) is 24.8 Å². The van der Waals surface area contributed by atoms with Crippen LogP contribution in [0.1, 0.15) is 58.9 Å². The number of carbonyl (C=O) groups is 3. The molecule has 4 rings (SSSR count). The molecule has 45 heavy (non-hydrogen) atoms. The van der Waals surface area contributed by atoms with E-state index in [0.29, 0.717) is 54.7 Å². The van der Waals surface area contributed by atoms with Gasteiger partial charge in [-0.3, -0.25) is 14.4 Å². The fourth-order valence-corrected chi connectivity index (χ4v) is 4.85. The Bertz CT molecular complexity index is 1590. The van der Waals surface area contributed by atoms with Gasteiger partial charge in [-0.2, -0.15) is 0 Å². The van der Waals surface area contributed by atoms with E-state index in [1.807, 2.05) is 48.5 Å². The van der Waals surface area contributed by atoms with E-state index in [9.17, 15) is 14.4 Å². The van der Waals surface area contributed by atoms with Crippen LogP contribution in [0.4, 0.5) is 11.4 Å². The Hall–Kier alpha value is -4.82. The Morgan fingerprint density at radius 2 is 1.49 bits per heavy atom. The minimum absolute atomic E-state index is 0.188. The van der Waals surface area contributed by atoms with E-state index >= 15 is 0 Å². The molecule has 0 spiro atoms. The summed E-state index contributed by atoms with van der Waals surface area (Å²) in [4.78, 5) is 39.6. The smallest absolute Gasteiger partial charge is 0.305 e. The van der Waals surface area contributed by atoms with E-state index in [-0.39, 0.29) is 28.4 Å². The number of nitrogens with zero attached hydrogens (tertiary/aromatic N) is 1. The molecule has 0 saturated heterocycles. The minimum atomic E-state index is -0.363. The minimum Gasteiger partial charge on any atom is -0.491 e. The molecule has 1 N–H and O–H groups in total. The molecule has 0 unspecified atom stereocenters. The van der Waals surface area contributed by atoms with Gasteiger partial charge in [0.25, 0.3) is 11.8 Å². The highest BCUT2D eigenvalue weighted by Gasteiger charge is 2.21. The molecule has 0 saturated carbocycles. The molecule has 0 fully saturated rings. The highest BCUT2D eigenvalue weighted by Crippen LogP contribution is 2.31. The first kappa shape index (κ1) is 33.1. The Morgan fingerprint density at radius 1 is 0.778 bits per heavy atom. The first-order chi connectivity index (χ1) is 21.9. The van der Waals surface area contributed by atoms with Gasteiger partial charge in [0.05, 0.1) is 35.1 Å². The van der Waals surface area contributed by atoms with Crippen LogP contribution in [-0.4, -0.2) is 38.0 Å². The zero-order valence-corrected chi connectivity index (χ0v) is 26.2. The van der Waals surface area contributed by atoms with Crippen LogP contribution in [-0.2, 0) is 16.1 Å². The molecule has 0 aromatic heterocycles. The van der Waals surface area contributed by atoms with Crippen molar-refractivity contribution in [1.82, 2.24) is 0 Å². The summed E-state index contributed by atoms with van der Waals surface area (Å²) in [7, 11) is 1.66. The van der Waals surface area contributed by atoms with Gasteiger partial charge in [-0.25, -0.2) is 0 Å². The zero-order chi connectivity index (χ0) is 32.0. The lowest BCUT2D eigenvalue weighted by atomic mass is 10.1. The van der Waals surface area contributed by atoms with Crippen molar-refractivity contribution in [2.45, 2.75) is 39.2 Å². The van der Waals surface area contributed by atoms with Crippen molar-refractivity contribution >= 4 is 40.8 Å². The van der Waals surface area contributed by atoms with Crippen molar-refractivity contribution in [2.24, 2.45) is 0 Å². The third-order valence-electron chi connectivity index (χ3n) is 6.95. The van der Waals surface area contributed by atoms with E-state index in [4.69, 9.17) is 25.8 Å². The molecular weight excluding hydrogens is 592 g/mol. The molecule has 0 radical (unpaired) electrons. The van der Waals surface area contributed by atoms with Crippen LogP contribution < -0.4 is 19.7 Å². The van der Waals surface area contributed by atoms with Crippen LogP contribution in [0.15, 0.2) is 97.1 Å². The molecule has 4 aromatic rings. The molecule has 0 aliphatic carbocycles. The lowest BCUT2D eigenvalue weighted by Crippen LogP contribution is -2.27. The van der Waals surface area contributed by atoms with Crippen LogP contribution in [0.5, 0.6) is 11.5 Å². The second kappa shape index (κ2) is 16.9. The lowest BCUT2D eigenvalue weighted by molar-refractivity contribution is -0.143. The average molecular weight is 629 g/mol. The molecule has 0 aliphatic heterocycles. The van der Waals surface area contributed by atoms with E-state index in [1.54, 1.807) is 62.5 Å². The molecule has 8 nitrogen and oxygen atoms in total. The maximum Gasteiger partial charge on any atom is 0.305 e. The van der Waals surface area contributed by atoms with Crippen molar-refractivity contribution in [3.63, 3.8) is 0 Å². The number of para-hydroxylation sites is 3. The van der Waals surface area contributed by atoms with Crippen molar-refractivity contribution in [3.8, 4) is 11.5 Å². The summed E-state index contributed by atoms with van der Waals surface area (Å²) in [6, 6.07) is 28.8. The van der Waals surface area contributed by atoms with Crippen LogP contribution in [0, 0.1) is 0 Å². The number of carbonyl (C=O) groups excluding carboxylic acids is 3. The van der Waals surface area contributed by atoms with E-state index in [2.05, 4.69) is 5.32 Å². The molecular formula is C36H37ClN2O6. The number of rotatable bonds is 15. The Balaban J connectivity index is 1.36. The predicted octanol–water partition coefficient (Wildman–Crippen LogP) is 7.95.